The van der Waals surface area contributed by atoms with Gasteiger partial charge in [0.2, 0.25) is 0 Å². The lowest BCUT2D eigenvalue weighted by atomic mass is 10.2. The van der Waals surface area contributed by atoms with Gasteiger partial charge in [-0.05, 0) is 31.5 Å². The first kappa shape index (κ1) is 11.9. The summed E-state index contributed by atoms with van der Waals surface area (Å²) < 4.78 is 0. The van der Waals surface area contributed by atoms with Crippen molar-refractivity contribution in [3.05, 3.63) is 29.8 Å². The van der Waals surface area contributed by atoms with Crippen molar-refractivity contribution in [3.63, 3.8) is 0 Å². The smallest absolute Gasteiger partial charge is 0.319 e. The molecular formula is C13H19N3O. The summed E-state index contributed by atoms with van der Waals surface area (Å²) in [6.07, 6.45) is 0. The van der Waals surface area contributed by atoms with Gasteiger partial charge in [-0.2, -0.15) is 0 Å². The zero-order chi connectivity index (χ0) is 12.3. The molecule has 1 aliphatic rings. The van der Waals surface area contributed by atoms with E-state index < -0.39 is 0 Å². The van der Waals surface area contributed by atoms with Gasteiger partial charge in [0.05, 0.1) is 0 Å². The van der Waals surface area contributed by atoms with Crippen LogP contribution in [0.5, 0.6) is 0 Å². The summed E-state index contributed by atoms with van der Waals surface area (Å²) in [5, 5.41) is 6.21. The average molecular weight is 233 g/mol. The number of carbonyl (C=O) groups is 1. The lowest BCUT2D eigenvalue weighted by molar-refractivity contribution is 0.177. The number of hydrogen-bond acceptors (Lipinski definition) is 2. The van der Waals surface area contributed by atoms with E-state index in [1.165, 1.54) is 0 Å². The van der Waals surface area contributed by atoms with Crippen LogP contribution in [-0.2, 0) is 0 Å². The second kappa shape index (κ2) is 5.19. The van der Waals surface area contributed by atoms with Gasteiger partial charge < -0.3 is 15.5 Å². The molecule has 0 spiro atoms. The Bertz CT molecular complexity index is 405. The summed E-state index contributed by atoms with van der Waals surface area (Å²) in [5.74, 6) is 0. The number of aryl methyl sites for hydroxylation is 1. The molecule has 1 aromatic carbocycles. The van der Waals surface area contributed by atoms with Crippen LogP contribution in [0.4, 0.5) is 10.5 Å². The minimum absolute atomic E-state index is 0.00963. The normalized spacial score (nSPS) is 20.1. The molecule has 2 amide bonds. The molecule has 1 heterocycles. The number of nitrogens with one attached hydrogen (secondary N) is 2. The third kappa shape index (κ3) is 2.97. The molecule has 0 radical (unpaired) electrons. The Kier molecular flexibility index (Phi) is 3.64. The van der Waals surface area contributed by atoms with Crippen LogP contribution in [0.2, 0.25) is 0 Å². The molecule has 1 aromatic rings. The lowest BCUT2D eigenvalue weighted by Crippen LogP contribution is -2.53. The zero-order valence-electron chi connectivity index (χ0n) is 10.4. The second-order valence-corrected chi connectivity index (χ2v) is 4.55. The van der Waals surface area contributed by atoms with Crippen LogP contribution in [0, 0.1) is 6.92 Å². The first-order valence-electron chi connectivity index (χ1n) is 6.02. The summed E-state index contributed by atoms with van der Waals surface area (Å²) in [6, 6.07) is 8.09. The molecule has 1 aliphatic heterocycles. The van der Waals surface area contributed by atoms with Gasteiger partial charge in [-0.3, -0.25) is 0 Å². The molecule has 2 N–H and O–H groups in total. The van der Waals surface area contributed by atoms with Crippen LogP contribution < -0.4 is 10.6 Å². The molecule has 2 rings (SSSR count). The van der Waals surface area contributed by atoms with Gasteiger partial charge in [0.25, 0.3) is 0 Å². The van der Waals surface area contributed by atoms with Crippen LogP contribution >= 0.6 is 0 Å². The monoisotopic (exact) mass is 233 g/mol. The first-order chi connectivity index (χ1) is 8.16. The number of piperazine rings is 1. The van der Waals surface area contributed by atoms with Crippen molar-refractivity contribution >= 4 is 11.7 Å². The summed E-state index contributed by atoms with van der Waals surface area (Å²) in [4.78, 5) is 14.0. The molecule has 0 aromatic heterocycles. The number of hydrogen-bond donors (Lipinski definition) is 2. The Hall–Kier alpha value is -1.55. The van der Waals surface area contributed by atoms with E-state index in [4.69, 9.17) is 0 Å². The Morgan fingerprint density at radius 3 is 3.06 bits per heavy atom. The van der Waals surface area contributed by atoms with Crippen molar-refractivity contribution in [2.75, 3.05) is 25.0 Å². The summed E-state index contributed by atoms with van der Waals surface area (Å²) >= 11 is 0. The van der Waals surface area contributed by atoms with E-state index >= 15 is 0 Å². The van der Waals surface area contributed by atoms with Crippen LogP contribution in [0.25, 0.3) is 0 Å². The fourth-order valence-electron chi connectivity index (χ4n) is 2.06. The number of rotatable bonds is 1. The molecule has 1 fully saturated rings. The van der Waals surface area contributed by atoms with Gasteiger partial charge in [-0.1, -0.05) is 12.1 Å². The maximum Gasteiger partial charge on any atom is 0.322 e. The first-order valence-corrected chi connectivity index (χ1v) is 6.02. The second-order valence-electron chi connectivity index (χ2n) is 4.55. The molecule has 0 aliphatic carbocycles. The Labute approximate surface area is 102 Å². The Morgan fingerprint density at radius 1 is 1.53 bits per heavy atom. The van der Waals surface area contributed by atoms with Crippen molar-refractivity contribution in [1.82, 2.24) is 10.2 Å². The predicted octanol–water partition coefficient (Wildman–Crippen LogP) is 1.82. The number of anilines is 1. The van der Waals surface area contributed by atoms with E-state index in [1.54, 1.807) is 0 Å². The van der Waals surface area contributed by atoms with Crippen molar-refractivity contribution in [2.45, 2.75) is 19.9 Å². The van der Waals surface area contributed by atoms with Gasteiger partial charge in [-0.15, -0.1) is 0 Å². The van der Waals surface area contributed by atoms with E-state index in [1.807, 2.05) is 36.1 Å². The maximum absolute atomic E-state index is 12.1. The largest absolute Gasteiger partial charge is 0.322 e. The maximum atomic E-state index is 12.1. The topological polar surface area (TPSA) is 44.4 Å². The molecule has 4 heteroatoms. The third-order valence-electron chi connectivity index (χ3n) is 3.03. The summed E-state index contributed by atoms with van der Waals surface area (Å²) in [5.41, 5.74) is 2.01. The van der Waals surface area contributed by atoms with Crippen LogP contribution in [0.15, 0.2) is 24.3 Å². The number of amides is 2. The minimum atomic E-state index is -0.00963. The quantitative estimate of drug-likeness (QED) is 0.777. The lowest BCUT2D eigenvalue weighted by Gasteiger charge is -2.33. The van der Waals surface area contributed by atoms with Crippen LogP contribution in [0.3, 0.4) is 0 Å². The number of benzene rings is 1. The molecule has 92 valence electrons. The SMILES string of the molecule is Cc1cccc(NC(=O)N2CCNCC2C)c1. The standard InChI is InChI=1S/C13H19N3O/c1-10-4-3-5-12(8-10)15-13(17)16-7-6-14-9-11(16)2/h3-5,8,11,14H,6-7,9H2,1-2H3,(H,15,17). The van der Waals surface area contributed by atoms with Gasteiger partial charge >= 0.3 is 6.03 Å². The Balaban J connectivity index is 2.01. The summed E-state index contributed by atoms with van der Waals surface area (Å²) in [7, 11) is 0. The van der Waals surface area contributed by atoms with E-state index in [-0.39, 0.29) is 12.1 Å². The highest BCUT2D eigenvalue weighted by atomic mass is 16.2. The van der Waals surface area contributed by atoms with Gasteiger partial charge in [0, 0.05) is 31.4 Å². The molecule has 1 saturated heterocycles. The average Bonchev–Trinajstić information content (AvgIpc) is 2.29. The molecular weight excluding hydrogens is 214 g/mol. The Morgan fingerprint density at radius 2 is 2.35 bits per heavy atom. The fourth-order valence-corrected chi connectivity index (χ4v) is 2.06. The minimum Gasteiger partial charge on any atom is -0.319 e. The molecule has 0 saturated carbocycles. The molecule has 0 bridgehead atoms. The predicted molar refractivity (Wildman–Crippen MR) is 69.2 cm³/mol. The number of urea groups is 1. The van der Waals surface area contributed by atoms with E-state index in [0.717, 1.165) is 30.9 Å². The van der Waals surface area contributed by atoms with E-state index in [9.17, 15) is 4.79 Å². The molecule has 4 nitrogen and oxygen atoms in total. The van der Waals surface area contributed by atoms with E-state index in [0.29, 0.717) is 0 Å². The third-order valence-corrected chi connectivity index (χ3v) is 3.03. The van der Waals surface area contributed by atoms with Gasteiger partial charge in [0.15, 0.2) is 0 Å². The fraction of sp³-hybridized carbons (Fsp3) is 0.462. The van der Waals surface area contributed by atoms with Crippen molar-refractivity contribution < 1.29 is 4.79 Å². The van der Waals surface area contributed by atoms with Crippen LogP contribution in [-0.4, -0.2) is 36.6 Å². The molecule has 1 unspecified atom stereocenters. The van der Waals surface area contributed by atoms with Crippen molar-refractivity contribution in [1.29, 1.82) is 0 Å². The highest BCUT2D eigenvalue weighted by molar-refractivity contribution is 5.89. The molecule has 1 atom stereocenters. The highest BCUT2D eigenvalue weighted by Gasteiger charge is 2.22. The summed E-state index contributed by atoms with van der Waals surface area (Å²) in [6.45, 7) is 6.57. The zero-order valence-corrected chi connectivity index (χ0v) is 10.4. The van der Waals surface area contributed by atoms with E-state index in [2.05, 4.69) is 17.6 Å². The van der Waals surface area contributed by atoms with Crippen LogP contribution in [0.1, 0.15) is 12.5 Å². The number of nitrogens with zero attached hydrogens (tertiary/aromatic N) is 1. The number of carbonyl (C=O) groups excluding carboxylic acids is 1. The van der Waals surface area contributed by atoms with Crippen molar-refractivity contribution in [3.8, 4) is 0 Å². The molecule has 17 heavy (non-hydrogen) atoms. The van der Waals surface area contributed by atoms with Gasteiger partial charge in [0.1, 0.15) is 0 Å². The highest BCUT2D eigenvalue weighted by Crippen LogP contribution is 2.12. The van der Waals surface area contributed by atoms with Crippen molar-refractivity contribution in [2.24, 2.45) is 0 Å². The van der Waals surface area contributed by atoms with Gasteiger partial charge in [-0.25, -0.2) is 4.79 Å².